The largest absolute Gasteiger partial charge is 0.382 e. The van der Waals surface area contributed by atoms with Crippen molar-refractivity contribution in [3.8, 4) is 0 Å². The Morgan fingerprint density at radius 3 is 3.00 bits per heavy atom. The summed E-state index contributed by atoms with van der Waals surface area (Å²) in [6.45, 7) is 3.06. The first-order chi connectivity index (χ1) is 12.8. The lowest BCUT2D eigenvalue weighted by molar-refractivity contribution is 0.0494. The number of likely N-dealkylation sites (tertiary alicyclic amines) is 1. The van der Waals surface area contributed by atoms with Gasteiger partial charge in [-0.2, -0.15) is 4.98 Å². The van der Waals surface area contributed by atoms with Crippen molar-refractivity contribution in [1.29, 1.82) is 0 Å². The van der Waals surface area contributed by atoms with Gasteiger partial charge in [-0.15, -0.1) is 0 Å². The van der Waals surface area contributed by atoms with Crippen molar-refractivity contribution >= 4 is 6.03 Å². The minimum atomic E-state index is -0.0667. The van der Waals surface area contributed by atoms with E-state index in [2.05, 4.69) is 15.5 Å². The highest BCUT2D eigenvalue weighted by molar-refractivity contribution is 5.74. The van der Waals surface area contributed by atoms with E-state index in [1.54, 1.807) is 12.0 Å². The SMILES string of the molecule is COCCOCc1nc(C2CCN(C(=O)NCc3ccccc3)C2)no1. The Morgan fingerprint density at radius 1 is 1.35 bits per heavy atom. The molecule has 2 heterocycles. The van der Waals surface area contributed by atoms with E-state index in [0.29, 0.717) is 44.6 Å². The van der Waals surface area contributed by atoms with Crippen molar-refractivity contribution in [2.75, 3.05) is 33.4 Å². The van der Waals surface area contributed by atoms with Gasteiger partial charge >= 0.3 is 6.03 Å². The Morgan fingerprint density at radius 2 is 2.19 bits per heavy atom. The molecule has 1 aliphatic rings. The molecule has 0 spiro atoms. The zero-order valence-corrected chi connectivity index (χ0v) is 14.9. The molecule has 2 amide bonds. The summed E-state index contributed by atoms with van der Waals surface area (Å²) in [6, 6.07) is 9.78. The first-order valence-electron chi connectivity index (χ1n) is 8.72. The fourth-order valence-corrected chi connectivity index (χ4v) is 2.84. The molecule has 8 heteroatoms. The van der Waals surface area contributed by atoms with Crippen molar-refractivity contribution < 1.29 is 18.8 Å². The number of aromatic nitrogens is 2. The van der Waals surface area contributed by atoms with Crippen molar-refractivity contribution in [1.82, 2.24) is 20.4 Å². The van der Waals surface area contributed by atoms with Crippen LogP contribution in [0.2, 0.25) is 0 Å². The van der Waals surface area contributed by atoms with Crippen LogP contribution in [0.4, 0.5) is 4.79 Å². The van der Waals surface area contributed by atoms with Gasteiger partial charge < -0.3 is 24.2 Å². The Kier molecular flexibility index (Phi) is 6.56. The average molecular weight is 360 g/mol. The van der Waals surface area contributed by atoms with Crippen LogP contribution in [0.3, 0.4) is 0 Å². The van der Waals surface area contributed by atoms with Crippen LogP contribution >= 0.6 is 0 Å². The summed E-state index contributed by atoms with van der Waals surface area (Å²) < 4.78 is 15.5. The van der Waals surface area contributed by atoms with Gasteiger partial charge in [0.25, 0.3) is 5.89 Å². The highest BCUT2D eigenvalue weighted by Gasteiger charge is 2.30. The van der Waals surface area contributed by atoms with Crippen LogP contribution in [0.5, 0.6) is 0 Å². The first kappa shape index (κ1) is 18.3. The van der Waals surface area contributed by atoms with Gasteiger partial charge in [0.1, 0.15) is 6.61 Å². The fraction of sp³-hybridized carbons (Fsp3) is 0.500. The van der Waals surface area contributed by atoms with Crippen molar-refractivity contribution in [3.05, 3.63) is 47.6 Å². The monoisotopic (exact) mass is 360 g/mol. The van der Waals surface area contributed by atoms with Gasteiger partial charge in [0, 0.05) is 32.7 Å². The van der Waals surface area contributed by atoms with Crippen LogP contribution in [0.1, 0.15) is 29.6 Å². The zero-order chi connectivity index (χ0) is 18.2. The summed E-state index contributed by atoms with van der Waals surface area (Å²) in [6.07, 6.45) is 0.822. The van der Waals surface area contributed by atoms with E-state index in [1.165, 1.54) is 0 Å². The maximum absolute atomic E-state index is 12.3. The molecule has 140 valence electrons. The lowest BCUT2D eigenvalue weighted by Gasteiger charge is -2.16. The molecule has 1 atom stereocenters. The van der Waals surface area contributed by atoms with E-state index in [1.807, 2.05) is 30.3 Å². The second-order valence-electron chi connectivity index (χ2n) is 6.17. The topological polar surface area (TPSA) is 89.7 Å². The van der Waals surface area contributed by atoms with Crippen LogP contribution in [0, 0.1) is 0 Å². The van der Waals surface area contributed by atoms with E-state index < -0.39 is 0 Å². The van der Waals surface area contributed by atoms with Gasteiger partial charge in [-0.05, 0) is 12.0 Å². The number of methoxy groups -OCH3 is 1. The molecule has 26 heavy (non-hydrogen) atoms. The fourth-order valence-electron chi connectivity index (χ4n) is 2.84. The van der Waals surface area contributed by atoms with Crippen molar-refractivity contribution in [2.45, 2.75) is 25.5 Å². The summed E-state index contributed by atoms with van der Waals surface area (Å²) >= 11 is 0. The third-order valence-electron chi connectivity index (χ3n) is 4.27. The number of benzene rings is 1. The predicted molar refractivity (Wildman–Crippen MR) is 93.4 cm³/mol. The number of carbonyl (C=O) groups excluding carboxylic acids is 1. The zero-order valence-electron chi connectivity index (χ0n) is 14.9. The van der Waals surface area contributed by atoms with E-state index in [9.17, 15) is 4.79 Å². The molecule has 1 unspecified atom stereocenters. The van der Waals surface area contributed by atoms with Gasteiger partial charge in [-0.1, -0.05) is 35.5 Å². The molecule has 8 nitrogen and oxygen atoms in total. The molecule has 1 saturated heterocycles. The summed E-state index contributed by atoms with van der Waals surface area (Å²) in [5.74, 6) is 1.17. The number of hydrogen-bond donors (Lipinski definition) is 1. The number of nitrogens with zero attached hydrogens (tertiary/aromatic N) is 3. The van der Waals surface area contributed by atoms with E-state index in [-0.39, 0.29) is 18.6 Å². The summed E-state index contributed by atoms with van der Waals surface area (Å²) in [7, 11) is 1.62. The Hall–Kier alpha value is -2.45. The van der Waals surface area contributed by atoms with Gasteiger partial charge in [0.15, 0.2) is 5.82 Å². The van der Waals surface area contributed by atoms with Crippen LogP contribution in [-0.4, -0.2) is 54.5 Å². The summed E-state index contributed by atoms with van der Waals surface area (Å²) in [4.78, 5) is 18.5. The van der Waals surface area contributed by atoms with Crippen LogP contribution < -0.4 is 5.32 Å². The molecule has 0 saturated carbocycles. The quantitative estimate of drug-likeness (QED) is 0.724. The number of urea groups is 1. The molecule has 3 rings (SSSR count). The number of nitrogens with one attached hydrogen (secondary N) is 1. The predicted octanol–water partition coefficient (Wildman–Crippen LogP) is 1.93. The first-order valence-corrected chi connectivity index (χ1v) is 8.72. The average Bonchev–Trinajstić information content (AvgIpc) is 3.33. The molecule has 1 fully saturated rings. The Balaban J connectivity index is 1.44. The third-order valence-corrected chi connectivity index (χ3v) is 4.27. The Labute approximate surface area is 152 Å². The van der Waals surface area contributed by atoms with Gasteiger partial charge in [0.05, 0.1) is 13.2 Å². The van der Waals surface area contributed by atoms with Gasteiger partial charge in [-0.3, -0.25) is 0 Å². The number of carbonyl (C=O) groups is 1. The molecular weight excluding hydrogens is 336 g/mol. The van der Waals surface area contributed by atoms with Crippen molar-refractivity contribution in [3.63, 3.8) is 0 Å². The van der Waals surface area contributed by atoms with Crippen LogP contribution in [-0.2, 0) is 22.6 Å². The normalized spacial score (nSPS) is 16.8. The number of rotatable bonds is 8. The number of hydrogen-bond acceptors (Lipinski definition) is 6. The van der Waals surface area contributed by atoms with Gasteiger partial charge in [0.2, 0.25) is 0 Å². The standard InChI is InChI=1S/C18H24N4O4/c1-24-9-10-25-13-16-20-17(21-26-16)15-7-8-22(12-15)18(23)19-11-14-5-3-2-4-6-14/h2-6,15H,7-13H2,1H3,(H,19,23). The number of amides is 2. The maximum Gasteiger partial charge on any atom is 0.317 e. The molecule has 1 aromatic heterocycles. The van der Waals surface area contributed by atoms with Gasteiger partial charge in [-0.25, -0.2) is 4.79 Å². The molecule has 1 N–H and O–H groups in total. The molecule has 0 radical (unpaired) electrons. The second kappa shape index (κ2) is 9.30. The van der Waals surface area contributed by atoms with Crippen LogP contribution in [0.25, 0.3) is 0 Å². The van der Waals surface area contributed by atoms with E-state index in [0.717, 1.165) is 12.0 Å². The highest BCUT2D eigenvalue weighted by Crippen LogP contribution is 2.25. The molecule has 2 aromatic rings. The van der Waals surface area contributed by atoms with Crippen molar-refractivity contribution in [2.24, 2.45) is 0 Å². The molecule has 0 aliphatic carbocycles. The van der Waals surface area contributed by atoms with E-state index in [4.69, 9.17) is 14.0 Å². The third kappa shape index (κ3) is 5.03. The lowest BCUT2D eigenvalue weighted by Crippen LogP contribution is -2.38. The minimum Gasteiger partial charge on any atom is -0.382 e. The Bertz CT molecular complexity index is 692. The molecule has 0 bridgehead atoms. The maximum atomic E-state index is 12.3. The second-order valence-corrected chi connectivity index (χ2v) is 6.17. The van der Waals surface area contributed by atoms with Crippen LogP contribution in [0.15, 0.2) is 34.9 Å². The summed E-state index contributed by atoms with van der Waals surface area (Å²) in [5, 5.41) is 6.98. The molecular formula is C18H24N4O4. The highest BCUT2D eigenvalue weighted by atomic mass is 16.5. The summed E-state index contributed by atoms with van der Waals surface area (Å²) in [5.41, 5.74) is 1.08. The smallest absolute Gasteiger partial charge is 0.317 e. The molecule has 1 aromatic carbocycles. The lowest BCUT2D eigenvalue weighted by atomic mass is 10.1. The van der Waals surface area contributed by atoms with E-state index >= 15 is 0 Å². The number of ether oxygens (including phenoxy) is 2. The molecule has 1 aliphatic heterocycles. The minimum absolute atomic E-state index is 0.0667.